The summed E-state index contributed by atoms with van der Waals surface area (Å²) >= 11 is 2.16. The summed E-state index contributed by atoms with van der Waals surface area (Å²) < 4.78 is 11.6. The van der Waals surface area contributed by atoms with Gasteiger partial charge in [-0.05, 0) is 70.4 Å². The SMILES string of the molecule is COc1cc(/C=N\N2C(=O)[C@@H]3[C@@H]4C=C[C@H]([C@@H]5C[C@H]45)[C@@H]3C2=O)cc(I)c1OC. The standard InChI is InChI=1S/C20H19IN2O4/c1-26-15-6-9(5-14(21)18(15)27-2)8-22-23-19(24)16-10-3-4-11(13-7-12(10)13)17(16)20(23)25/h3-6,8,10-13,16-17H,7H2,1-2H3/b22-8-/t10-,11-,12-,13+,16-,17+/m1/s1. The predicted molar refractivity (Wildman–Crippen MR) is 106 cm³/mol. The number of nitrogens with zero attached hydrogens (tertiary/aromatic N) is 2. The lowest BCUT2D eigenvalue weighted by molar-refractivity contribution is -0.140. The van der Waals surface area contributed by atoms with E-state index in [0.29, 0.717) is 23.3 Å². The zero-order valence-corrected chi connectivity index (χ0v) is 17.1. The van der Waals surface area contributed by atoms with E-state index >= 15 is 0 Å². The molecule has 0 spiro atoms. The Morgan fingerprint density at radius 2 is 1.70 bits per heavy atom. The number of hydrazone groups is 1. The Morgan fingerprint density at radius 1 is 1.07 bits per heavy atom. The van der Waals surface area contributed by atoms with Crippen LogP contribution < -0.4 is 9.47 Å². The van der Waals surface area contributed by atoms with Crippen LogP contribution in [0.1, 0.15) is 12.0 Å². The molecule has 6 atom stereocenters. The van der Waals surface area contributed by atoms with Crippen molar-refractivity contribution in [2.75, 3.05) is 14.2 Å². The molecule has 0 N–H and O–H groups in total. The summed E-state index contributed by atoms with van der Waals surface area (Å²) in [6, 6.07) is 3.66. The first-order valence-electron chi connectivity index (χ1n) is 9.06. The van der Waals surface area contributed by atoms with Crippen molar-refractivity contribution in [3.8, 4) is 11.5 Å². The number of halogens is 1. The lowest BCUT2D eigenvalue weighted by atomic mass is 9.63. The number of allylic oxidation sites excluding steroid dienone is 2. The van der Waals surface area contributed by atoms with Crippen molar-refractivity contribution in [3.63, 3.8) is 0 Å². The van der Waals surface area contributed by atoms with E-state index in [2.05, 4.69) is 39.8 Å². The van der Waals surface area contributed by atoms with E-state index in [4.69, 9.17) is 9.47 Å². The Kier molecular flexibility index (Phi) is 3.86. The molecule has 2 bridgehead atoms. The van der Waals surface area contributed by atoms with Gasteiger partial charge < -0.3 is 9.47 Å². The molecular formula is C20H19IN2O4. The summed E-state index contributed by atoms with van der Waals surface area (Å²) in [5.41, 5.74) is 0.747. The molecule has 1 saturated heterocycles. The van der Waals surface area contributed by atoms with Gasteiger partial charge in [0.05, 0.1) is 35.8 Å². The molecule has 5 aliphatic rings. The summed E-state index contributed by atoms with van der Waals surface area (Å²) in [7, 11) is 3.16. The number of rotatable bonds is 4. The summed E-state index contributed by atoms with van der Waals surface area (Å²) in [6.07, 6.45) is 7.03. The van der Waals surface area contributed by atoms with Crippen molar-refractivity contribution in [1.82, 2.24) is 5.01 Å². The van der Waals surface area contributed by atoms with Gasteiger partial charge in [-0.15, -0.1) is 0 Å². The van der Waals surface area contributed by atoms with Gasteiger partial charge in [0, 0.05) is 0 Å². The van der Waals surface area contributed by atoms with Gasteiger partial charge in [-0.1, -0.05) is 12.2 Å². The molecule has 140 valence electrons. The summed E-state index contributed by atoms with van der Waals surface area (Å²) in [4.78, 5) is 25.9. The van der Waals surface area contributed by atoms with Crippen LogP contribution in [0.15, 0.2) is 29.4 Å². The fourth-order valence-corrected chi connectivity index (χ4v) is 6.04. The Labute approximate surface area is 170 Å². The third-order valence-corrected chi connectivity index (χ3v) is 7.22. The van der Waals surface area contributed by atoms with Gasteiger partial charge in [-0.25, -0.2) is 0 Å². The topological polar surface area (TPSA) is 68.2 Å². The molecule has 1 aromatic rings. The third-order valence-electron chi connectivity index (χ3n) is 6.42. The third kappa shape index (κ3) is 2.40. The maximum Gasteiger partial charge on any atom is 0.254 e. The Hall–Kier alpha value is -1.90. The molecule has 3 fully saturated rings. The van der Waals surface area contributed by atoms with Gasteiger partial charge >= 0.3 is 0 Å². The molecule has 6 rings (SSSR count). The number of benzene rings is 1. The van der Waals surface area contributed by atoms with E-state index in [0.717, 1.165) is 20.6 Å². The Morgan fingerprint density at radius 3 is 2.26 bits per heavy atom. The van der Waals surface area contributed by atoms with Crippen molar-refractivity contribution in [2.45, 2.75) is 6.42 Å². The minimum atomic E-state index is -0.223. The van der Waals surface area contributed by atoms with Crippen LogP contribution in [0.25, 0.3) is 0 Å². The fourth-order valence-electron chi connectivity index (χ4n) is 5.19. The van der Waals surface area contributed by atoms with Crippen LogP contribution in [-0.2, 0) is 9.59 Å². The Bertz CT molecular complexity index is 875. The number of methoxy groups -OCH3 is 2. The van der Waals surface area contributed by atoms with Crippen molar-refractivity contribution in [3.05, 3.63) is 33.4 Å². The van der Waals surface area contributed by atoms with Gasteiger partial charge in [-0.2, -0.15) is 10.1 Å². The fraction of sp³-hybridized carbons (Fsp3) is 0.450. The van der Waals surface area contributed by atoms with Crippen molar-refractivity contribution in [1.29, 1.82) is 0 Å². The zero-order valence-electron chi connectivity index (χ0n) is 15.0. The molecule has 1 heterocycles. The van der Waals surface area contributed by atoms with E-state index in [1.165, 1.54) is 0 Å². The van der Waals surface area contributed by atoms with Crippen LogP contribution in [0.4, 0.5) is 0 Å². The second kappa shape index (κ2) is 6.05. The van der Waals surface area contributed by atoms with E-state index in [9.17, 15) is 9.59 Å². The monoisotopic (exact) mass is 478 g/mol. The second-order valence-electron chi connectivity index (χ2n) is 7.63. The largest absolute Gasteiger partial charge is 0.493 e. The van der Waals surface area contributed by atoms with Gasteiger partial charge in [-0.3, -0.25) is 9.59 Å². The number of hydrogen-bond acceptors (Lipinski definition) is 5. The number of hydrogen-bond donors (Lipinski definition) is 0. The van der Waals surface area contributed by atoms with Crippen LogP contribution in [0.2, 0.25) is 0 Å². The lowest BCUT2D eigenvalue weighted by Crippen LogP contribution is -2.40. The molecule has 27 heavy (non-hydrogen) atoms. The molecule has 1 aromatic carbocycles. The number of amides is 2. The van der Waals surface area contributed by atoms with Crippen LogP contribution in [0.5, 0.6) is 11.5 Å². The van der Waals surface area contributed by atoms with Crippen LogP contribution >= 0.6 is 22.6 Å². The second-order valence-corrected chi connectivity index (χ2v) is 8.79. The van der Waals surface area contributed by atoms with E-state index in [1.807, 2.05) is 6.07 Å². The quantitative estimate of drug-likeness (QED) is 0.289. The predicted octanol–water partition coefficient (Wildman–Crippen LogP) is 2.70. The summed E-state index contributed by atoms with van der Waals surface area (Å²) in [6.45, 7) is 0. The number of carbonyl (C=O) groups excluding carboxylic acids is 2. The average molecular weight is 478 g/mol. The normalized spacial score (nSPS) is 35.6. The maximum atomic E-state index is 12.9. The van der Waals surface area contributed by atoms with Gasteiger partial charge in [0.25, 0.3) is 11.8 Å². The summed E-state index contributed by atoms with van der Waals surface area (Å²) in [5, 5.41) is 5.36. The minimum Gasteiger partial charge on any atom is -0.493 e. The highest BCUT2D eigenvalue weighted by atomic mass is 127. The highest BCUT2D eigenvalue weighted by molar-refractivity contribution is 14.1. The molecule has 4 aliphatic carbocycles. The minimum absolute atomic E-state index is 0.152. The molecule has 6 nitrogen and oxygen atoms in total. The molecule has 7 heteroatoms. The van der Waals surface area contributed by atoms with Gasteiger partial charge in [0.15, 0.2) is 11.5 Å². The molecule has 0 unspecified atom stereocenters. The first-order chi connectivity index (χ1) is 13.0. The number of imide groups is 1. The number of ether oxygens (including phenoxy) is 2. The molecule has 1 aliphatic heterocycles. The lowest BCUT2D eigenvalue weighted by Gasteiger charge is -2.37. The summed E-state index contributed by atoms with van der Waals surface area (Å²) in [5.74, 6) is 2.09. The van der Waals surface area contributed by atoms with E-state index in [1.54, 1.807) is 26.5 Å². The Balaban J connectivity index is 1.43. The molecule has 0 aromatic heterocycles. The molecule has 0 radical (unpaired) electrons. The maximum absolute atomic E-state index is 12.9. The van der Waals surface area contributed by atoms with Gasteiger partial charge in [0.1, 0.15) is 0 Å². The van der Waals surface area contributed by atoms with Crippen molar-refractivity contribution >= 4 is 40.6 Å². The van der Waals surface area contributed by atoms with Crippen LogP contribution in [0, 0.1) is 39.1 Å². The smallest absolute Gasteiger partial charge is 0.254 e. The zero-order chi connectivity index (χ0) is 18.9. The number of carbonyl (C=O) groups is 2. The highest BCUT2D eigenvalue weighted by Gasteiger charge is 2.67. The van der Waals surface area contributed by atoms with Crippen LogP contribution in [0.3, 0.4) is 0 Å². The van der Waals surface area contributed by atoms with Gasteiger partial charge in [0.2, 0.25) is 0 Å². The van der Waals surface area contributed by atoms with Crippen molar-refractivity contribution < 1.29 is 19.1 Å². The average Bonchev–Trinajstić information content (AvgIpc) is 3.45. The van der Waals surface area contributed by atoms with E-state index < -0.39 is 0 Å². The molecule has 2 amide bonds. The van der Waals surface area contributed by atoms with Crippen LogP contribution in [-0.4, -0.2) is 37.3 Å². The first kappa shape index (κ1) is 17.2. The van der Waals surface area contributed by atoms with E-state index in [-0.39, 0.29) is 35.5 Å². The highest BCUT2D eigenvalue weighted by Crippen LogP contribution is 2.65. The first-order valence-corrected chi connectivity index (χ1v) is 10.1. The molecule has 2 saturated carbocycles. The molecular weight excluding hydrogens is 459 g/mol. The van der Waals surface area contributed by atoms with Crippen molar-refractivity contribution in [2.24, 2.45) is 40.6 Å².